The van der Waals surface area contributed by atoms with E-state index in [9.17, 15) is 9.18 Å². The van der Waals surface area contributed by atoms with Crippen molar-refractivity contribution in [3.63, 3.8) is 0 Å². The molecule has 0 saturated heterocycles. The van der Waals surface area contributed by atoms with E-state index in [-0.39, 0.29) is 11.3 Å². The summed E-state index contributed by atoms with van der Waals surface area (Å²) < 4.78 is 18.0. The lowest BCUT2D eigenvalue weighted by atomic mass is 10.0. The van der Waals surface area contributed by atoms with Crippen molar-refractivity contribution >= 4 is 21.7 Å². The standard InChI is InChI=1S/C17H17BrFN5O/c1-4-23-16(18)12(8-20-23)9-24-17(21-11(3)22-24)14-6-5-13(19)7-15(14)10(2)25/h5-8H,4,9H2,1-3H3. The second kappa shape index (κ2) is 6.87. The van der Waals surface area contributed by atoms with Gasteiger partial charge in [0.1, 0.15) is 16.2 Å². The summed E-state index contributed by atoms with van der Waals surface area (Å²) in [5, 5.41) is 8.73. The van der Waals surface area contributed by atoms with Crippen LogP contribution in [0.1, 0.15) is 35.6 Å². The molecule has 0 bridgehead atoms. The number of aryl methyl sites for hydroxylation is 2. The summed E-state index contributed by atoms with van der Waals surface area (Å²) in [5.74, 6) is 0.428. The molecule has 8 heteroatoms. The first-order valence-corrected chi connectivity index (χ1v) is 8.62. The van der Waals surface area contributed by atoms with E-state index in [0.717, 1.165) is 16.7 Å². The first-order valence-electron chi connectivity index (χ1n) is 7.83. The van der Waals surface area contributed by atoms with Crippen LogP contribution in [0.5, 0.6) is 0 Å². The van der Waals surface area contributed by atoms with E-state index in [1.807, 2.05) is 11.6 Å². The lowest BCUT2D eigenvalue weighted by Crippen LogP contribution is -2.07. The molecule has 0 unspecified atom stereocenters. The number of Topliss-reactive ketones (excluding diaryl/α,β-unsaturated/α-hetero) is 1. The summed E-state index contributed by atoms with van der Waals surface area (Å²) in [6.45, 7) is 6.38. The van der Waals surface area contributed by atoms with Crippen molar-refractivity contribution in [2.24, 2.45) is 0 Å². The van der Waals surface area contributed by atoms with Gasteiger partial charge in [-0.15, -0.1) is 0 Å². The van der Waals surface area contributed by atoms with Gasteiger partial charge in [-0.05, 0) is 54.9 Å². The van der Waals surface area contributed by atoms with E-state index in [1.54, 1.807) is 23.9 Å². The third kappa shape index (κ3) is 3.39. The van der Waals surface area contributed by atoms with Crippen molar-refractivity contribution in [2.45, 2.75) is 33.9 Å². The van der Waals surface area contributed by atoms with E-state index in [4.69, 9.17) is 0 Å². The van der Waals surface area contributed by atoms with Gasteiger partial charge >= 0.3 is 0 Å². The molecule has 3 rings (SSSR count). The molecule has 0 aliphatic rings. The zero-order valence-electron chi connectivity index (χ0n) is 14.1. The Bertz CT molecular complexity index is 947. The normalized spacial score (nSPS) is 11.1. The molecule has 0 spiro atoms. The maximum Gasteiger partial charge on any atom is 0.160 e. The van der Waals surface area contributed by atoms with Gasteiger partial charge in [0.2, 0.25) is 0 Å². The largest absolute Gasteiger partial charge is 0.294 e. The highest BCUT2D eigenvalue weighted by atomic mass is 79.9. The zero-order valence-corrected chi connectivity index (χ0v) is 15.7. The molecular formula is C17H17BrFN5O. The average molecular weight is 406 g/mol. The van der Waals surface area contributed by atoms with Crippen LogP contribution in [-0.2, 0) is 13.1 Å². The quantitative estimate of drug-likeness (QED) is 0.607. The maximum absolute atomic E-state index is 13.6. The molecule has 3 aromatic rings. The third-order valence-corrected chi connectivity index (χ3v) is 4.76. The first-order chi connectivity index (χ1) is 11.9. The summed E-state index contributed by atoms with van der Waals surface area (Å²) in [6.07, 6.45) is 1.77. The van der Waals surface area contributed by atoms with Gasteiger partial charge in [-0.3, -0.25) is 9.48 Å². The molecule has 0 aliphatic carbocycles. The Balaban J connectivity index is 2.08. The molecule has 0 saturated carbocycles. The minimum atomic E-state index is -0.455. The number of ketones is 1. The third-order valence-electron chi connectivity index (χ3n) is 3.84. The van der Waals surface area contributed by atoms with Gasteiger partial charge in [0.05, 0.1) is 12.7 Å². The molecule has 0 atom stereocenters. The fourth-order valence-corrected chi connectivity index (χ4v) is 3.23. The number of halogens is 2. The number of aromatic nitrogens is 5. The topological polar surface area (TPSA) is 65.6 Å². The van der Waals surface area contributed by atoms with Crippen LogP contribution in [0.3, 0.4) is 0 Å². The fraction of sp³-hybridized carbons (Fsp3) is 0.294. The molecule has 1 aromatic carbocycles. The van der Waals surface area contributed by atoms with Crippen molar-refractivity contribution in [3.05, 3.63) is 51.8 Å². The number of benzene rings is 1. The van der Waals surface area contributed by atoms with Crippen LogP contribution in [-0.4, -0.2) is 30.3 Å². The highest BCUT2D eigenvalue weighted by Crippen LogP contribution is 2.26. The molecule has 0 fully saturated rings. The molecule has 25 heavy (non-hydrogen) atoms. The van der Waals surface area contributed by atoms with Gasteiger partial charge in [0.15, 0.2) is 11.6 Å². The number of carbonyl (C=O) groups excluding carboxylic acids is 1. The van der Waals surface area contributed by atoms with Crippen LogP contribution < -0.4 is 0 Å². The SMILES string of the molecule is CCn1ncc(Cn2nc(C)nc2-c2ccc(F)cc2C(C)=O)c1Br. The number of rotatable bonds is 5. The van der Waals surface area contributed by atoms with Crippen molar-refractivity contribution in [1.29, 1.82) is 0 Å². The molecule has 2 heterocycles. The van der Waals surface area contributed by atoms with E-state index < -0.39 is 5.82 Å². The number of hydrogen-bond donors (Lipinski definition) is 0. The van der Waals surface area contributed by atoms with Gasteiger partial charge in [-0.1, -0.05) is 0 Å². The highest BCUT2D eigenvalue weighted by molar-refractivity contribution is 9.10. The van der Waals surface area contributed by atoms with Crippen LogP contribution in [0, 0.1) is 12.7 Å². The Labute approximate surface area is 152 Å². The summed E-state index contributed by atoms with van der Waals surface area (Å²) in [5.41, 5.74) is 1.80. The van der Waals surface area contributed by atoms with Crippen molar-refractivity contribution in [2.75, 3.05) is 0 Å². The van der Waals surface area contributed by atoms with Crippen molar-refractivity contribution < 1.29 is 9.18 Å². The maximum atomic E-state index is 13.6. The van der Waals surface area contributed by atoms with Crippen LogP contribution in [0.4, 0.5) is 4.39 Å². The molecule has 2 aromatic heterocycles. The van der Waals surface area contributed by atoms with Crippen LogP contribution in [0.25, 0.3) is 11.4 Å². The van der Waals surface area contributed by atoms with Gasteiger partial charge in [0, 0.05) is 23.2 Å². The molecule has 0 amide bonds. The molecule has 0 aliphatic heterocycles. The number of hydrogen-bond acceptors (Lipinski definition) is 4. The molecule has 0 N–H and O–H groups in total. The summed E-state index contributed by atoms with van der Waals surface area (Å²) in [7, 11) is 0. The van der Waals surface area contributed by atoms with Crippen LogP contribution in [0.15, 0.2) is 29.0 Å². The first kappa shape index (κ1) is 17.5. The van der Waals surface area contributed by atoms with E-state index >= 15 is 0 Å². The second-order valence-electron chi connectivity index (χ2n) is 5.66. The predicted molar refractivity (Wildman–Crippen MR) is 94.9 cm³/mol. The van der Waals surface area contributed by atoms with Crippen LogP contribution in [0.2, 0.25) is 0 Å². The lowest BCUT2D eigenvalue weighted by molar-refractivity contribution is 0.101. The number of nitrogens with zero attached hydrogens (tertiary/aromatic N) is 5. The summed E-state index contributed by atoms with van der Waals surface area (Å²) in [6, 6.07) is 4.12. The Morgan fingerprint density at radius 2 is 2.08 bits per heavy atom. The van der Waals surface area contributed by atoms with Crippen molar-refractivity contribution in [1.82, 2.24) is 24.5 Å². The highest BCUT2D eigenvalue weighted by Gasteiger charge is 2.18. The average Bonchev–Trinajstić information content (AvgIpc) is 3.10. The summed E-state index contributed by atoms with van der Waals surface area (Å²) >= 11 is 3.54. The molecule has 6 nitrogen and oxygen atoms in total. The van der Waals surface area contributed by atoms with E-state index in [2.05, 4.69) is 31.1 Å². The molecular weight excluding hydrogens is 389 g/mol. The molecule has 0 radical (unpaired) electrons. The Hall–Kier alpha value is -2.35. The van der Waals surface area contributed by atoms with Gasteiger partial charge in [0.25, 0.3) is 0 Å². The number of carbonyl (C=O) groups is 1. The summed E-state index contributed by atoms with van der Waals surface area (Å²) in [4.78, 5) is 16.4. The fourth-order valence-electron chi connectivity index (χ4n) is 2.66. The van der Waals surface area contributed by atoms with E-state index in [1.165, 1.54) is 19.1 Å². The predicted octanol–water partition coefficient (Wildman–Crippen LogP) is 3.62. The minimum Gasteiger partial charge on any atom is -0.294 e. The minimum absolute atomic E-state index is 0.221. The Kier molecular flexibility index (Phi) is 4.80. The Morgan fingerprint density at radius 1 is 1.32 bits per heavy atom. The second-order valence-corrected chi connectivity index (χ2v) is 6.41. The monoisotopic (exact) mass is 405 g/mol. The Morgan fingerprint density at radius 3 is 2.72 bits per heavy atom. The van der Waals surface area contributed by atoms with Gasteiger partial charge in [-0.2, -0.15) is 10.2 Å². The van der Waals surface area contributed by atoms with Gasteiger partial charge in [-0.25, -0.2) is 14.1 Å². The van der Waals surface area contributed by atoms with E-state index in [0.29, 0.717) is 23.8 Å². The zero-order chi connectivity index (χ0) is 18.1. The van der Waals surface area contributed by atoms with Crippen molar-refractivity contribution in [3.8, 4) is 11.4 Å². The lowest BCUT2D eigenvalue weighted by Gasteiger charge is -2.09. The smallest absolute Gasteiger partial charge is 0.160 e. The van der Waals surface area contributed by atoms with Gasteiger partial charge < -0.3 is 0 Å². The van der Waals surface area contributed by atoms with Crippen LogP contribution >= 0.6 is 15.9 Å². The molecule has 130 valence electrons.